The monoisotopic (exact) mass is 467 g/mol. The molecule has 0 aliphatic heterocycles. The van der Waals surface area contributed by atoms with Crippen LogP contribution in [0.25, 0.3) is 5.69 Å². The average molecular weight is 468 g/mol. The van der Waals surface area contributed by atoms with E-state index in [4.69, 9.17) is 14.6 Å². The molecule has 1 atom stereocenters. The second kappa shape index (κ2) is 11.1. The Hall–Kier alpha value is -2.74. The maximum Gasteiger partial charge on any atom is 0.227 e. The van der Waals surface area contributed by atoms with Gasteiger partial charge in [-0.1, -0.05) is 38.1 Å². The minimum atomic E-state index is -0.570. The first-order valence-corrected chi connectivity index (χ1v) is 12.1. The number of para-hydroxylation sites is 1. The fraction of sp³-hybridized carbons (Fsp3) is 0.444. The zero-order chi connectivity index (χ0) is 24.1. The van der Waals surface area contributed by atoms with Crippen LogP contribution in [-0.4, -0.2) is 51.7 Å². The van der Waals surface area contributed by atoms with E-state index in [2.05, 4.69) is 18.7 Å². The summed E-state index contributed by atoms with van der Waals surface area (Å²) >= 11 is 0. The van der Waals surface area contributed by atoms with Gasteiger partial charge in [0.1, 0.15) is 11.6 Å². The Morgan fingerprint density at radius 2 is 1.91 bits per heavy atom. The van der Waals surface area contributed by atoms with Crippen LogP contribution in [0.1, 0.15) is 50.8 Å². The first-order valence-electron chi connectivity index (χ1n) is 12.1. The minimum Gasteiger partial charge on any atom is -0.438 e. The molecule has 1 fully saturated rings. The molecule has 0 unspecified atom stereocenters. The Labute approximate surface area is 200 Å². The number of aliphatic hydroxyl groups excluding tert-OH is 1. The summed E-state index contributed by atoms with van der Waals surface area (Å²) in [6, 6.07) is 16.4. The molecular formula is C27H34FN3O3. The molecule has 1 aromatic heterocycles. The SMILES string of the molecule is CCOC[C@@H](O)CN(Cc1c(C(C)C)nn(-c2ccccc2)c1Oc1cccc(F)c1)C1CC1. The molecule has 6 nitrogen and oxygen atoms in total. The van der Waals surface area contributed by atoms with Crippen molar-refractivity contribution in [2.45, 2.75) is 58.2 Å². The number of halogens is 1. The summed E-state index contributed by atoms with van der Waals surface area (Å²) in [6.07, 6.45) is 1.64. The van der Waals surface area contributed by atoms with Crippen LogP contribution in [0.15, 0.2) is 54.6 Å². The van der Waals surface area contributed by atoms with Crippen LogP contribution in [0.2, 0.25) is 0 Å². The molecule has 2 aromatic carbocycles. The maximum absolute atomic E-state index is 13.9. The lowest BCUT2D eigenvalue weighted by Crippen LogP contribution is -2.36. The zero-order valence-corrected chi connectivity index (χ0v) is 20.2. The number of hydrogen-bond acceptors (Lipinski definition) is 5. The molecule has 0 bridgehead atoms. The van der Waals surface area contributed by atoms with E-state index in [9.17, 15) is 9.50 Å². The Kier molecular flexibility index (Phi) is 7.98. The third-order valence-electron chi connectivity index (χ3n) is 5.91. The maximum atomic E-state index is 13.9. The third kappa shape index (κ3) is 6.03. The number of benzene rings is 2. The first-order chi connectivity index (χ1) is 16.5. The van der Waals surface area contributed by atoms with Crippen molar-refractivity contribution in [1.29, 1.82) is 0 Å². The molecule has 0 radical (unpaired) electrons. The van der Waals surface area contributed by atoms with Gasteiger partial charge in [-0.05, 0) is 49.9 Å². The molecule has 3 aromatic rings. The number of rotatable bonds is 12. The minimum absolute atomic E-state index is 0.157. The smallest absolute Gasteiger partial charge is 0.227 e. The van der Waals surface area contributed by atoms with Gasteiger partial charge in [0.15, 0.2) is 0 Å². The summed E-state index contributed by atoms with van der Waals surface area (Å²) in [5.74, 6) is 0.797. The highest BCUT2D eigenvalue weighted by molar-refractivity contribution is 5.44. The van der Waals surface area contributed by atoms with Crippen LogP contribution >= 0.6 is 0 Å². The molecule has 1 saturated carbocycles. The fourth-order valence-electron chi connectivity index (χ4n) is 4.12. The highest BCUT2D eigenvalue weighted by Crippen LogP contribution is 2.37. The van der Waals surface area contributed by atoms with Crippen molar-refractivity contribution in [2.24, 2.45) is 0 Å². The summed E-state index contributed by atoms with van der Waals surface area (Å²) in [5, 5.41) is 15.5. The lowest BCUT2D eigenvalue weighted by atomic mass is 10.1. The molecule has 0 spiro atoms. The van der Waals surface area contributed by atoms with Crippen molar-refractivity contribution in [3.63, 3.8) is 0 Å². The molecular weight excluding hydrogens is 433 g/mol. The Bertz CT molecular complexity index is 1070. The second-order valence-corrected chi connectivity index (χ2v) is 9.10. The van der Waals surface area contributed by atoms with Crippen molar-refractivity contribution < 1.29 is 19.0 Å². The molecule has 34 heavy (non-hydrogen) atoms. The van der Waals surface area contributed by atoms with Gasteiger partial charge in [-0.25, -0.2) is 9.07 Å². The summed E-state index contributed by atoms with van der Waals surface area (Å²) in [7, 11) is 0. The molecule has 1 N–H and O–H groups in total. The molecule has 0 saturated heterocycles. The number of aromatic nitrogens is 2. The van der Waals surface area contributed by atoms with Crippen LogP contribution in [-0.2, 0) is 11.3 Å². The van der Waals surface area contributed by atoms with E-state index in [0.717, 1.165) is 29.8 Å². The van der Waals surface area contributed by atoms with Gasteiger partial charge < -0.3 is 14.6 Å². The molecule has 1 aliphatic carbocycles. The Morgan fingerprint density at radius 3 is 2.56 bits per heavy atom. The molecule has 7 heteroatoms. The molecule has 182 valence electrons. The predicted molar refractivity (Wildman–Crippen MR) is 130 cm³/mol. The van der Waals surface area contributed by atoms with Gasteiger partial charge in [0.05, 0.1) is 29.7 Å². The predicted octanol–water partition coefficient (Wildman–Crippen LogP) is 5.29. The van der Waals surface area contributed by atoms with Crippen LogP contribution < -0.4 is 4.74 Å². The number of aliphatic hydroxyl groups is 1. The number of hydrogen-bond donors (Lipinski definition) is 1. The standard InChI is InChI=1S/C27H34FN3O3/c1-4-33-18-23(32)16-30(21-13-14-21)17-25-26(19(2)3)29-31(22-10-6-5-7-11-22)27(25)34-24-12-8-9-20(28)15-24/h5-12,15,19,21,23,32H,4,13-14,16-18H2,1-3H3/t23-/m0/s1. The van der Waals surface area contributed by atoms with Gasteiger partial charge in [-0.2, -0.15) is 5.10 Å². The lowest BCUT2D eigenvalue weighted by molar-refractivity contribution is 0.0177. The van der Waals surface area contributed by atoms with Gasteiger partial charge in [0.2, 0.25) is 5.88 Å². The van der Waals surface area contributed by atoms with E-state index >= 15 is 0 Å². The summed E-state index contributed by atoms with van der Waals surface area (Å²) in [6.45, 7) is 8.13. The quantitative estimate of drug-likeness (QED) is 0.392. The van der Waals surface area contributed by atoms with E-state index in [1.807, 2.05) is 37.3 Å². The summed E-state index contributed by atoms with van der Waals surface area (Å²) < 4.78 is 27.5. The van der Waals surface area contributed by atoms with E-state index < -0.39 is 6.10 Å². The van der Waals surface area contributed by atoms with Gasteiger partial charge in [0, 0.05) is 31.8 Å². The Morgan fingerprint density at radius 1 is 1.15 bits per heavy atom. The normalized spacial score (nSPS) is 14.7. The van der Waals surface area contributed by atoms with Gasteiger partial charge in [-0.15, -0.1) is 0 Å². The van der Waals surface area contributed by atoms with Crippen molar-refractivity contribution in [1.82, 2.24) is 14.7 Å². The zero-order valence-electron chi connectivity index (χ0n) is 20.2. The van der Waals surface area contributed by atoms with Crippen molar-refractivity contribution in [3.05, 3.63) is 71.7 Å². The van der Waals surface area contributed by atoms with E-state index in [1.54, 1.807) is 16.8 Å². The molecule has 0 amide bonds. The molecule has 1 aliphatic rings. The second-order valence-electron chi connectivity index (χ2n) is 9.10. The molecule has 1 heterocycles. The van der Waals surface area contributed by atoms with Crippen LogP contribution in [0.5, 0.6) is 11.6 Å². The number of ether oxygens (including phenoxy) is 2. The van der Waals surface area contributed by atoms with E-state index in [-0.39, 0.29) is 11.7 Å². The topological polar surface area (TPSA) is 59.8 Å². The van der Waals surface area contributed by atoms with E-state index in [1.165, 1.54) is 12.1 Å². The van der Waals surface area contributed by atoms with Crippen LogP contribution in [0, 0.1) is 5.82 Å². The van der Waals surface area contributed by atoms with Crippen LogP contribution in [0.4, 0.5) is 4.39 Å². The van der Waals surface area contributed by atoms with Crippen molar-refractivity contribution >= 4 is 0 Å². The van der Waals surface area contributed by atoms with Crippen LogP contribution in [0.3, 0.4) is 0 Å². The van der Waals surface area contributed by atoms with Gasteiger partial charge in [-0.3, -0.25) is 4.90 Å². The van der Waals surface area contributed by atoms with E-state index in [0.29, 0.717) is 44.0 Å². The van der Waals surface area contributed by atoms with Crippen molar-refractivity contribution in [2.75, 3.05) is 19.8 Å². The summed E-state index contributed by atoms with van der Waals surface area (Å²) in [4.78, 5) is 2.29. The fourth-order valence-corrected chi connectivity index (χ4v) is 4.12. The highest BCUT2D eigenvalue weighted by atomic mass is 19.1. The van der Waals surface area contributed by atoms with Gasteiger partial charge >= 0.3 is 0 Å². The Balaban J connectivity index is 1.73. The number of nitrogens with zero attached hydrogens (tertiary/aromatic N) is 3. The van der Waals surface area contributed by atoms with Crippen molar-refractivity contribution in [3.8, 4) is 17.3 Å². The first kappa shape index (κ1) is 24.4. The molecule has 4 rings (SSSR count). The third-order valence-corrected chi connectivity index (χ3v) is 5.91. The largest absolute Gasteiger partial charge is 0.438 e. The lowest BCUT2D eigenvalue weighted by Gasteiger charge is -2.25. The van der Waals surface area contributed by atoms with Gasteiger partial charge in [0.25, 0.3) is 0 Å². The highest BCUT2D eigenvalue weighted by Gasteiger charge is 2.33. The summed E-state index contributed by atoms with van der Waals surface area (Å²) in [5.41, 5.74) is 2.76. The average Bonchev–Trinajstić information content (AvgIpc) is 3.61.